The largest absolute Gasteiger partial charge is 0.613 e. The molecule has 0 spiro atoms. The van der Waals surface area contributed by atoms with E-state index in [0.717, 1.165) is 13.8 Å². The topological polar surface area (TPSA) is 183 Å². The summed E-state index contributed by atoms with van der Waals surface area (Å²) < 4.78 is 55.9. The first-order valence-corrected chi connectivity index (χ1v) is 12.8. The predicted octanol–water partition coefficient (Wildman–Crippen LogP) is 1.56. The molecule has 2 aromatic heterocycles. The van der Waals surface area contributed by atoms with Crippen molar-refractivity contribution in [3.63, 3.8) is 0 Å². The molecular formula is C22H30FN5O9P+. The van der Waals surface area contributed by atoms with Gasteiger partial charge in [-0.25, -0.2) is 13.9 Å². The van der Waals surface area contributed by atoms with E-state index in [1.54, 1.807) is 26.0 Å². The number of nitrogens with zero attached hydrogens (tertiary/aromatic N) is 3. The van der Waals surface area contributed by atoms with Crippen molar-refractivity contribution in [2.45, 2.75) is 70.7 Å². The molecule has 0 saturated carbocycles. The summed E-state index contributed by atoms with van der Waals surface area (Å²) in [6.07, 6.45) is -3.24. The van der Waals surface area contributed by atoms with Gasteiger partial charge in [0, 0.05) is 13.8 Å². The number of hydrogen-bond acceptors (Lipinski definition) is 12. The van der Waals surface area contributed by atoms with E-state index in [2.05, 4.69) is 15.2 Å². The Balaban J connectivity index is 1.92. The number of fused-ring (bicyclic) bond motifs is 1. The zero-order chi connectivity index (χ0) is 28.2. The molecule has 0 aromatic carbocycles. The number of carbonyl (C=O) groups excluding carboxylic acids is 3. The van der Waals surface area contributed by atoms with Gasteiger partial charge >= 0.3 is 26.1 Å². The number of halogens is 1. The highest BCUT2D eigenvalue weighted by Gasteiger charge is 2.61. The summed E-state index contributed by atoms with van der Waals surface area (Å²) >= 11 is 0. The van der Waals surface area contributed by atoms with Crippen molar-refractivity contribution >= 4 is 37.4 Å². The van der Waals surface area contributed by atoms with Crippen LogP contribution in [0.1, 0.15) is 46.4 Å². The van der Waals surface area contributed by atoms with E-state index in [0.29, 0.717) is 11.2 Å². The van der Waals surface area contributed by atoms with Gasteiger partial charge in [0.15, 0.2) is 23.6 Å². The summed E-state index contributed by atoms with van der Waals surface area (Å²) in [5.41, 5.74) is 4.55. The molecule has 0 amide bonds. The molecule has 14 nitrogen and oxygen atoms in total. The molecule has 0 radical (unpaired) electrons. The lowest BCUT2D eigenvalue weighted by molar-refractivity contribution is -0.172. The molecule has 16 heteroatoms. The number of carbonyl (C=O) groups is 3. The molecular weight excluding hydrogens is 528 g/mol. The van der Waals surface area contributed by atoms with Crippen molar-refractivity contribution in [1.82, 2.24) is 19.7 Å². The van der Waals surface area contributed by atoms with Gasteiger partial charge in [-0.15, -0.1) is 4.52 Å². The van der Waals surface area contributed by atoms with Crippen molar-refractivity contribution in [3.8, 4) is 0 Å². The maximum atomic E-state index is 14.8. The average Bonchev–Trinajstić information content (AvgIpc) is 3.38. The van der Waals surface area contributed by atoms with Gasteiger partial charge in [0.1, 0.15) is 37.3 Å². The van der Waals surface area contributed by atoms with E-state index in [-0.39, 0.29) is 5.82 Å². The minimum Gasteiger partial charge on any atom is -0.462 e. The quantitative estimate of drug-likeness (QED) is 0.230. The van der Waals surface area contributed by atoms with Crippen LogP contribution in [0, 0.1) is 0 Å². The third kappa shape index (κ3) is 6.41. The third-order valence-electron chi connectivity index (χ3n) is 5.53. The first kappa shape index (κ1) is 29.3. The first-order valence-electron chi connectivity index (χ1n) is 11.6. The Morgan fingerprint density at radius 2 is 1.92 bits per heavy atom. The summed E-state index contributed by atoms with van der Waals surface area (Å²) in [6, 6.07) is 2.14. The van der Waals surface area contributed by atoms with Gasteiger partial charge in [-0.05, 0) is 37.5 Å². The fourth-order valence-corrected chi connectivity index (χ4v) is 4.78. The number of esters is 3. The second-order valence-corrected chi connectivity index (χ2v) is 9.94. The smallest absolute Gasteiger partial charge is 0.462 e. The zero-order valence-corrected chi connectivity index (χ0v) is 22.3. The van der Waals surface area contributed by atoms with Crippen molar-refractivity contribution in [2.75, 3.05) is 19.0 Å². The van der Waals surface area contributed by atoms with Crippen LogP contribution in [0.2, 0.25) is 0 Å². The lowest BCUT2D eigenvalue weighted by Crippen LogP contribution is -2.51. The number of hydrogen-bond donors (Lipinski definition) is 2. The molecule has 3 rings (SSSR count). The van der Waals surface area contributed by atoms with E-state index in [4.69, 9.17) is 29.2 Å². The van der Waals surface area contributed by atoms with Gasteiger partial charge in [-0.3, -0.25) is 14.4 Å². The van der Waals surface area contributed by atoms with E-state index in [1.165, 1.54) is 17.8 Å². The summed E-state index contributed by atoms with van der Waals surface area (Å²) in [6.45, 7) is 4.96. The van der Waals surface area contributed by atoms with Gasteiger partial charge in [-0.2, -0.15) is 5.10 Å². The maximum Gasteiger partial charge on any atom is 0.613 e. The Kier molecular flexibility index (Phi) is 9.31. The second kappa shape index (κ2) is 12.1. The molecule has 6 atom stereocenters. The lowest BCUT2D eigenvalue weighted by Gasteiger charge is -2.29. The Bertz CT molecular complexity index is 1210. The molecule has 38 heavy (non-hydrogen) atoms. The van der Waals surface area contributed by atoms with Crippen LogP contribution >= 0.6 is 8.18 Å². The highest BCUT2D eigenvalue weighted by Crippen LogP contribution is 2.45. The maximum absolute atomic E-state index is 14.8. The average molecular weight is 558 g/mol. The van der Waals surface area contributed by atoms with Crippen molar-refractivity contribution < 1.29 is 46.8 Å². The number of nitrogens with one attached hydrogen (secondary N) is 1. The number of alkyl halides is 1. The van der Waals surface area contributed by atoms with E-state index in [9.17, 15) is 23.3 Å². The van der Waals surface area contributed by atoms with Gasteiger partial charge < -0.3 is 24.7 Å². The highest BCUT2D eigenvalue weighted by molar-refractivity contribution is 7.36. The van der Waals surface area contributed by atoms with Crippen molar-refractivity contribution in [3.05, 3.63) is 24.2 Å². The van der Waals surface area contributed by atoms with Crippen LogP contribution in [0.3, 0.4) is 0 Å². The predicted molar refractivity (Wildman–Crippen MR) is 128 cm³/mol. The SMILES string of the molecule is CC(=O)O[C@H]1[C@H](c2ccc3c(N)ncnn23)O[C@](CF)(CO[P+](=O)N[C@@H](C)C(=O)OC(C)C)[C@H]1OC(C)=O. The Morgan fingerprint density at radius 1 is 1.24 bits per heavy atom. The van der Waals surface area contributed by atoms with Crippen molar-refractivity contribution in [2.24, 2.45) is 0 Å². The van der Waals surface area contributed by atoms with Crippen LogP contribution in [0.5, 0.6) is 0 Å². The number of nitrogen functional groups attached to an aromatic ring is 1. The summed E-state index contributed by atoms with van der Waals surface area (Å²) in [5, 5.41) is 6.56. The molecule has 1 unspecified atom stereocenters. The van der Waals surface area contributed by atoms with Gasteiger partial charge in [0.05, 0.1) is 11.8 Å². The van der Waals surface area contributed by atoms with Crippen LogP contribution in [0.4, 0.5) is 10.2 Å². The monoisotopic (exact) mass is 558 g/mol. The first-order chi connectivity index (χ1) is 17.9. The van der Waals surface area contributed by atoms with Gasteiger partial charge in [0.2, 0.25) is 0 Å². The molecule has 2 aromatic rings. The fraction of sp³-hybridized carbons (Fsp3) is 0.591. The molecule has 0 aliphatic carbocycles. The third-order valence-corrected chi connectivity index (χ3v) is 6.49. The molecule has 3 heterocycles. The minimum atomic E-state index is -2.73. The molecule has 0 bridgehead atoms. The van der Waals surface area contributed by atoms with Gasteiger partial charge in [0.25, 0.3) is 0 Å². The van der Waals surface area contributed by atoms with E-state index in [1.807, 2.05) is 0 Å². The summed E-state index contributed by atoms with van der Waals surface area (Å²) in [7, 11) is -2.73. The van der Waals surface area contributed by atoms with Crippen LogP contribution in [0.25, 0.3) is 5.52 Å². The Labute approximate surface area is 218 Å². The van der Waals surface area contributed by atoms with Crippen LogP contribution in [0.15, 0.2) is 18.5 Å². The van der Waals surface area contributed by atoms with Crippen molar-refractivity contribution in [1.29, 1.82) is 0 Å². The van der Waals surface area contributed by atoms with Crippen LogP contribution in [-0.4, -0.2) is 75.7 Å². The van der Waals surface area contributed by atoms with Crippen LogP contribution in [-0.2, 0) is 42.4 Å². The Hall–Kier alpha value is -3.26. The van der Waals surface area contributed by atoms with Gasteiger partial charge in [-0.1, -0.05) is 5.09 Å². The number of ether oxygens (including phenoxy) is 4. The summed E-state index contributed by atoms with van der Waals surface area (Å²) in [5.74, 6) is -2.08. The number of anilines is 1. The van der Waals surface area contributed by atoms with Crippen LogP contribution < -0.4 is 10.8 Å². The zero-order valence-electron chi connectivity index (χ0n) is 21.5. The standard InChI is InChI=1S/C22H30FN5O9P/c1-11(2)34-21(31)12(3)27-38(32)33-9-22(8-23)19(36-14(5)30)18(35-13(4)29)17(37-22)15-6-7-16-20(24)25-10-26-28(15)16/h6-7,10-12,17-19H,8-9H2,1-5H3,(H,27,32)(H2,24,25,26)/q+1/t12-,17-,18-,19-,22+/m0/s1. The molecule has 1 saturated heterocycles. The number of nitrogens with two attached hydrogens (primary N) is 1. The minimum absolute atomic E-state index is 0.151. The second-order valence-electron chi connectivity index (χ2n) is 8.91. The number of aromatic nitrogens is 3. The highest BCUT2D eigenvalue weighted by atomic mass is 31.1. The molecule has 208 valence electrons. The molecule has 1 aliphatic heterocycles. The Morgan fingerprint density at radius 3 is 2.53 bits per heavy atom. The van der Waals surface area contributed by atoms with E-state index < -0.39 is 75.4 Å². The normalized spacial score (nSPS) is 24.3. The molecule has 1 fully saturated rings. The molecule has 3 N–H and O–H groups in total. The van der Waals surface area contributed by atoms with E-state index >= 15 is 0 Å². The summed E-state index contributed by atoms with van der Waals surface area (Å²) in [4.78, 5) is 39.9. The lowest BCUT2D eigenvalue weighted by atomic mass is 9.95. The fourth-order valence-electron chi connectivity index (χ4n) is 3.94. The molecule has 1 aliphatic rings. The number of rotatable bonds is 11.